The van der Waals surface area contributed by atoms with E-state index in [2.05, 4.69) is 41.8 Å². The standard InChI is InChI=1S/C13H20NSi/c1-15(13-8-4-2-5-9-13)12-14-10-6-3-7-11-14/h2,4-5,8-9H,3,6-7,10-12H2,1H3/q-1. The Morgan fingerprint density at radius 1 is 1.07 bits per heavy atom. The van der Waals surface area contributed by atoms with Crippen molar-refractivity contribution in [2.45, 2.75) is 25.8 Å². The summed E-state index contributed by atoms with van der Waals surface area (Å²) in [6.45, 7) is 5.10. The molecule has 0 N–H and O–H groups in total. The Morgan fingerprint density at radius 2 is 1.73 bits per heavy atom. The van der Waals surface area contributed by atoms with Crippen molar-refractivity contribution < 1.29 is 0 Å². The Kier molecular flexibility index (Phi) is 3.98. The Balaban J connectivity index is 1.88. The lowest BCUT2D eigenvalue weighted by atomic mass is 10.1. The van der Waals surface area contributed by atoms with Gasteiger partial charge in [-0.2, -0.15) is 11.7 Å². The number of hydrogen-bond acceptors (Lipinski definition) is 1. The van der Waals surface area contributed by atoms with E-state index in [1.54, 1.807) is 5.19 Å². The Labute approximate surface area is 94.7 Å². The maximum Gasteiger partial charge on any atom is -0.00491 e. The summed E-state index contributed by atoms with van der Waals surface area (Å²) in [5, 5.41) is 1.58. The first-order valence-corrected chi connectivity index (χ1v) is 8.17. The predicted octanol–water partition coefficient (Wildman–Crippen LogP) is 2.04. The van der Waals surface area contributed by atoms with Crippen LogP contribution in [-0.2, 0) is 0 Å². The van der Waals surface area contributed by atoms with Crippen LogP contribution in [0.5, 0.6) is 0 Å². The fourth-order valence-corrected chi connectivity index (χ4v) is 4.20. The average molecular weight is 218 g/mol. The lowest BCUT2D eigenvalue weighted by Crippen LogP contribution is -2.43. The summed E-state index contributed by atoms with van der Waals surface area (Å²) in [6, 6.07) is 11.0. The van der Waals surface area contributed by atoms with Gasteiger partial charge in [0.2, 0.25) is 0 Å². The Bertz CT molecular complexity index is 280. The topological polar surface area (TPSA) is 3.24 Å². The van der Waals surface area contributed by atoms with Gasteiger partial charge in [0.25, 0.3) is 0 Å². The van der Waals surface area contributed by atoms with E-state index in [1.807, 2.05) is 0 Å². The van der Waals surface area contributed by atoms with Crippen LogP contribution in [0.2, 0.25) is 6.55 Å². The molecule has 1 aromatic carbocycles. The molecule has 2 rings (SSSR count). The van der Waals surface area contributed by atoms with Gasteiger partial charge in [-0.1, -0.05) is 36.8 Å². The number of hydrogen-bond donors (Lipinski definition) is 0. The van der Waals surface area contributed by atoms with Crippen LogP contribution in [0, 0.1) is 0 Å². The molecule has 82 valence electrons. The van der Waals surface area contributed by atoms with Crippen LogP contribution in [0.15, 0.2) is 30.3 Å². The predicted molar refractivity (Wildman–Crippen MR) is 68.0 cm³/mol. The van der Waals surface area contributed by atoms with Crippen molar-refractivity contribution in [1.82, 2.24) is 4.90 Å². The van der Waals surface area contributed by atoms with E-state index in [9.17, 15) is 0 Å². The van der Waals surface area contributed by atoms with Gasteiger partial charge in [0.15, 0.2) is 0 Å². The molecule has 1 aliphatic rings. The van der Waals surface area contributed by atoms with Gasteiger partial charge in [0, 0.05) is 0 Å². The minimum absolute atomic E-state index is 0.340. The smallest absolute Gasteiger partial charge is 0.00491 e. The van der Waals surface area contributed by atoms with Crippen LogP contribution in [0.1, 0.15) is 19.3 Å². The van der Waals surface area contributed by atoms with Crippen molar-refractivity contribution in [1.29, 1.82) is 0 Å². The highest BCUT2D eigenvalue weighted by atomic mass is 28.3. The summed E-state index contributed by atoms with van der Waals surface area (Å²) in [5.41, 5.74) is 0. The Hall–Kier alpha value is -0.603. The molecule has 15 heavy (non-hydrogen) atoms. The SMILES string of the molecule is C[Si-](CN1CCCCC1)c1ccccc1. The molecule has 1 nitrogen and oxygen atoms in total. The lowest BCUT2D eigenvalue weighted by Gasteiger charge is -2.36. The van der Waals surface area contributed by atoms with Crippen LogP contribution in [0.3, 0.4) is 0 Å². The molecule has 2 heteroatoms. The minimum Gasteiger partial charge on any atom is -0.333 e. The second-order valence-electron chi connectivity index (χ2n) is 4.48. The van der Waals surface area contributed by atoms with Crippen LogP contribution in [0.4, 0.5) is 0 Å². The van der Waals surface area contributed by atoms with E-state index in [0.717, 1.165) is 0 Å². The quantitative estimate of drug-likeness (QED) is 0.702. The highest BCUT2D eigenvalue weighted by Crippen LogP contribution is 2.08. The van der Waals surface area contributed by atoms with Gasteiger partial charge in [-0.3, -0.25) is 8.80 Å². The van der Waals surface area contributed by atoms with Gasteiger partial charge in [0.1, 0.15) is 0 Å². The van der Waals surface area contributed by atoms with Crippen molar-refractivity contribution >= 4 is 14.0 Å². The summed E-state index contributed by atoms with van der Waals surface area (Å²) in [6.07, 6.45) is 5.58. The first-order chi connectivity index (χ1) is 7.36. The highest BCUT2D eigenvalue weighted by Gasteiger charge is 2.07. The maximum absolute atomic E-state index is 2.66. The highest BCUT2D eigenvalue weighted by molar-refractivity contribution is 6.72. The van der Waals surface area contributed by atoms with E-state index >= 15 is 0 Å². The molecule has 0 aromatic heterocycles. The molecule has 1 aromatic rings. The molecule has 1 aliphatic heterocycles. The zero-order valence-electron chi connectivity index (χ0n) is 9.58. The fraction of sp³-hybridized carbons (Fsp3) is 0.538. The molecule has 0 bridgehead atoms. The molecule has 0 spiro atoms. The summed E-state index contributed by atoms with van der Waals surface area (Å²) in [4.78, 5) is 2.66. The van der Waals surface area contributed by atoms with E-state index < -0.39 is 0 Å². The molecule has 1 fully saturated rings. The molecular formula is C13H20NSi-. The molecular weight excluding hydrogens is 198 g/mol. The zero-order chi connectivity index (χ0) is 10.5. The lowest BCUT2D eigenvalue weighted by molar-refractivity contribution is 0.261. The van der Waals surface area contributed by atoms with Crippen molar-refractivity contribution in [3.63, 3.8) is 0 Å². The Morgan fingerprint density at radius 3 is 2.40 bits per heavy atom. The van der Waals surface area contributed by atoms with Gasteiger partial charge in [0.05, 0.1) is 0 Å². The summed E-state index contributed by atoms with van der Waals surface area (Å²) < 4.78 is 0. The molecule has 1 heterocycles. The first kappa shape index (κ1) is 10.9. The third-order valence-electron chi connectivity index (χ3n) is 3.18. The number of piperidine rings is 1. The van der Waals surface area contributed by atoms with E-state index in [-0.39, 0.29) is 8.80 Å². The monoisotopic (exact) mass is 218 g/mol. The summed E-state index contributed by atoms with van der Waals surface area (Å²) in [7, 11) is -0.340. The number of rotatable bonds is 3. The molecule has 0 saturated carbocycles. The normalized spacial score (nSPS) is 17.7. The number of nitrogens with zero attached hydrogens (tertiary/aromatic N) is 1. The largest absolute Gasteiger partial charge is 0.333 e. The van der Waals surface area contributed by atoms with Crippen LogP contribution in [0.25, 0.3) is 0 Å². The number of benzene rings is 1. The fourth-order valence-electron chi connectivity index (χ4n) is 2.27. The van der Waals surface area contributed by atoms with Crippen molar-refractivity contribution in [2.75, 3.05) is 19.3 Å². The van der Waals surface area contributed by atoms with E-state index in [4.69, 9.17) is 0 Å². The molecule has 1 saturated heterocycles. The van der Waals surface area contributed by atoms with E-state index in [0.29, 0.717) is 0 Å². The molecule has 0 aliphatic carbocycles. The van der Waals surface area contributed by atoms with Crippen LogP contribution < -0.4 is 5.19 Å². The minimum atomic E-state index is -0.340. The van der Waals surface area contributed by atoms with Gasteiger partial charge in [-0.15, -0.1) is 6.17 Å². The summed E-state index contributed by atoms with van der Waals surface area (Å²) in [5.74, 6) is 0. The second-order valence-corrected chi connectivity index (χ2v) is 6.94. The van der Waals surface area contributed by atoms with Crippen LogP contribution >= 0.6 is 0 Å². The molecule has 0 unspecified atom stereocenters. The van der Waals surface area contributed by atoms with Gasteiger partial charge in [-0.25, -0.2) is 0 Å². The maximum atomic E-state index is 2.66. The van der Waals surface area contributed by atoms with Crippen molar-refractivity contribution in [3.05, 3.63) is 30.3 Å². The van der Waals surface area contributed by atoms with Gasteiger partial charge >= 0.3 is 0 Å². The molecule has 0 radical (unpaired) electrons. The zero-order valence-corrected chi connectivity index (χ0v) is 10.6. The third-order valence-corrected chi connectivity index (χ3v) is 5.42. The van der Waals surface area contributed by atoms with Crippen molar-refractivity contribution in [2.24, 2.45) is 0 Å². The molecule has 0 amide bonds. The first-order valence-electron chi connectivity index (χ1n) is 5.96. The third kappa shape index (κ3) is 3.18. The number of likely N-dealkylation sites (tertiary alicyclic amines) is 1. The average Bonchev–Trinajstić information content (AvgIpc) is 2.31. The van der Waals surface area contributed by atoms with Gasteiger partial charge < -0.3 is 4.90 Å². The van der Waals surface area contributed by atoms with E-state index in [1.165, 1.54) is 38.5 Å². The van der Waals surface area contributed by atoms with Crippen molar-refractivity contribution in [3.8, 4) is 0 Å². The molecule has 0 atom stereocenters. The second kappa shape index (κ2) is 5.47. The van der Waals surface area contributed by atoms with Crippen LogP contribution in [-0.4, -0.2) is 33.0 Å². The van der Waals surface area contributed by atoms with Gasteiger partial charge in [-0.05, 0) is 25.9 Å². The summed E-state index contributed by atoms with van der Waals surface area (Å²) >= 11 is 0.